The fourth-order valence-corrected chi connectivity index (χ4v) is 2.19. The average molecular weight is 299 g/mol. The van der Waals surface area contributed by atoms with E-state index in [1.807, 2.05) is 39.6 Å². The molecule has 20 heavy (non-hydrogen) atoms. The first-order chi connectivity index (χ1) is 9.44. The zero-order chi connectivity index (χ0) is 15.3. The molecule has 1 rings (SSSR count). The fraction of sp³-hybridized carbons (Fsp3) is 0.643. The third-order valence-electron chi connectivity index (χ3n) is 3.27. The van der Waals surface area contributed by atoms with Crippen molar-refractivity contribution in [3.63, 3.8) is 0 Å². The predicted octanol–water partition coefficient (Wildman–Crippen LogP) is 2.31. The molecule has 1 heterocycles. The van der Waals surface area contributed by atoms with Crippen molar-refractivity contribution >= 4 is 23.3 Å². The second-order valence-electron chi connectivity index (χ2n) is 4.65. The number of amides is 1. The van der Waals surface area contributed by atoms with Crippen molar-refractivity contribution in [2.24, 2.45) is 0 Å². The summed E-state index contributed by atoms with van der Waals surface area (Å²) in [6.07, 6.45) is 0.713. The topological polar surface area (TPSA) is 49.3 Å². The molecule has 112 valence electrons. The Kier molecular flexibility index (Phi) is 6.20. The molecule has 0 saturated heterocycles. The molecule has 0 aliphatic carbocycles. The minimum Gasteiger partial charge on any atom is -0.350 e. The number of carbonyl (C=O) groups is 1. The normalized spacial score (nSPS) is 10.5. The standard InChI is InChI=1S/C14H23ClN4O/c1-6-11-16-13(15)10(4)14(17-11)18(5)9-12(20)19(7-2)8-3/h6-9H2,1-5H3. The lowest BCUT2D eigenvalue weighted by Gasteiger charge is -2.25. The molecule has 0 aromatic carbocycles. The number of nitrogens with zero attached hydrogens (tertiary/aromatic N) is 4. The molecule has 0 saturated carbocycles. The number of halogens is 1. The van der Waals surface area contributed by atoms with Gasteiger partial charge in [-0.2, -0.15) is 0 Å². The monoisotopic (exact) mass is 298 g/mol. The van der Waals surface area contributed by atoms with Gasteiger partial charge in [0.2, 0.25) is 5.91 Å². The van der Waals surface area contributed by atoms with Crippen molar-refractivity contribution in [1.29, 1.82) is 0 Å². The van der Waals surface area contributed by atoms with Crippen molar-refractivity contribution in [2.75, 3.05) is 31.6 Å². The van der Waals surface area contributed by atoms with Crippen LogP contribution in [0.1, 0.15) is 32.2 Å². The van der Waals surface area contributed by atoms with Gasteiger partial charge in [-0.15, -0.1) is 0 Å². The Balaban J connectivity index is 2.94. The van der Waals surface area contributed by atoms with Gasteiger partial charge >= 0.3 is 0 Å². The quantitative estimate of drug-likeness (QED) is 0.756. The lowest BCUT2D eigenvalue weighted by atomic mass is 10.3. The van der Waals surface area contributed by atoms with E-state index < -0.39 is 0 Å². The highest BCUT2D eigenvalue weighted by molar-refractivity contribution is 6.30. The van der Waals surface area contributed by atoms with E-state index in [2.05, 4.69) is 9.97 Å². The summed E-state index contributed by atoms with van der Waals surface area (Å²) < 4.78 is 0. The maximum Gasteiger partial charge on any atom is 0.242 e. The van der Waals surface area contributed by atoms with Gasteiger partial charge in [-0.3, -0.25) is 4.79 Å². The first-order valence-corrected chi connectivity index (χ1v) is 7.34. The van der Waals surface area contributed by atoms with E-state index in [0.717, 1.165) is 11.4 Å². The van der Waals surface area contributed by atoms with Crippen LogP contribution in [0.15, 0.2) is 0 Å². The summed E-state index contributed by atoms with van der Waals surface area (Å²) in [5, 5.41) is 0.453. The van der Waals surface area contributed by atoms with E-state index in [9.17, 15) is 4.79 Å². The SMILES string of the molecule is CCc1nc(Cl)c(C)c(N(C)CC(=O)N(CC)CC)n1. The zero-order valence-electron chi connectivity index (χ0n) is 12.9. The summed E-state index contributed by atoms with van der Waals surface area (Å²) in [6, 6.07) is 0. The summed E-state index contributed by atoms with van der Waals surface area (Å²) in [4.78, 5) is 24.5. The predicted molar refractivity (Wildman–Crippen MR) is 82.4 cm³/mol. The number of aryl methyl sites for hydroxylation is 1. The van der Waals surface area contributed by atoms with Gasteiger partial charge in [0.05, 0.1) is 6.54 Å². The molecule has 0 unspecified atom stereocenters. The van der Waals surface area contributed by atoms with Crippen LogP contribution in [0.5, 0.6) is 0 Å². The third kappa shape index (κ3) is 3.82. The van der Waals surface area contributed by atoms with Crippen LogP contribution in [0.3, 0.4) is 0 Å². The minimum absolute atomic E-state index is 0.0877. The van der Waals surface area contributed by atoms with Crippen molar-refractivity contribution in [3.05, 3.63) is 16.5 Å². The van der Waals surface area contributed by atoms with Gasteiger partial charge in [0.25, 0.3) is 0 Å². The second-order valence-corrected chi connectivity index (χ2v) is 5.01. The van der Waals surface area contributed by atoms with Gasteiger partial charge < -0.3 is 9.80 Å². The van der Waals surface area contributed by atoms with E-state index >= 15 is 0 Å². The highest BCUT2D eigenvalue weighted by Gasteiger charge is 2.17. The molecule has 0 spiro atoms. The first kappa shape index (κ1) is 16.7. The lowest BCUT2D eigenvalue weighted by molar-refractivity contribution is -0.129. The largest absolute Gasteiger partial charge is 0.350 e. The Labute approximate surface area is 126 Å². The highest BCUT2D eigenvalue weighted by atomic mass is 35.5. The Morgan fingerprint density at radius 3 is 2.30 bits per heavy atom. The van der Waals surface area contributed by atoms with Gasteiger partial charge in [-0.1, -0.05) is 18.5 Å². The van der Waals surface area contributed by atoms with Crippen molar-refractivity contribution in [3.8, 4) is 0 Å². The summed E-state index contributed by atoms with van der Waals surface area (Å²) in [7, 11) is 1.85. The number of hydrogen-bond acceptors (Lipinski definition) is 4. The maximum absolute atomic E-state index is 12.1. The minimum atomic E-state index is 0.0877. The van der Waals surface area contributed by atoms with Gasteiger partial charge in [0, 0.05) is 32.1 Å². The smallest absolute Gasteiger partial charge is 0.242 e. The molecule has 0 fully saturated rings. The van der Waals surface area contributed by atoms with Crippen molar-refractivity contribution < 1.29 is 4.79 Å². The third-order valence-corrected chi connectivity index (χ3v) is 3.64. The van der Waals surface area contributed by atoms with Crippen molar-refractivity contribution in [2.45, 2.75) is 34.1 Å². The van der Waals surface area contributed by atoms with Crippen LogP contribution >= 0.6 is 11.6 Å². The number of carbonyl (C=O) groups excluding carboxylic acids is 1. The molecule has 0 aliphatic rings. The Hall–Kier alpha value is -1.36. The van der Waals surface area contributed by atoms with E-state index in [-0.39, 0.29) is 5.91 Å². The average Bonchev–Trinajstić information content (AvgIpc) is 2.42. The van der Waals surface area contributed by atoms with Crippen LogP contribution in [0, 0.1) is 6.92 Å². The van der Waals surface area contributed by atoms with Crippen LogP contribution < -0.4 is 4.90 Å². The molecule has 1 aromatic heterocycles. The number of anilines is 1. The van der Waals surface area contributed by atoms with Gasteiger partial charge in [0.1, 0.15) is 16.8 Å². The molecular weight excluding hydrogens is 276 g/mol. The summed E-state index contributed by atoms with van der Waals surface area (Å²) in [5.41, 5.74) is 0.804. The van der Waals surface area contributed by atoms with E-state index in [4.69, 9.17) is 11.6 Å². The van der Waals surface area contributed by atoms with Crippen molar-refractivity contribution in [1.82, 2.24) is 14.9 Å². The molecule has 1 aromatic rings. The number of aromatic nitrogens is 2. The summed E-state index contributed by atoms with van der Waals surface area (Å²) in [5.74, 6) is 1.50. The highest BCUT2D eigenvalue weighted by Crippen LogP contribution is 2.22. The van der Waals surface area contributed by atoms with E-state index in [0.29, 0.717) is 37.0 Å². The fourth-order valence-electron chi connectivity index (χ4n) is 2.00. The molecule has 0 aliphatic heterocycles. The van der Waals surface area contributed by atoms with Gasteiger partial charge in [-0.05, 0) is 20.8 Å². The van der Waals surface area contributed by atoms with Gasteiger partial charge in [0.15, 0.2) is 0 Å². The number of likely N-dealkylation sites (N-methyl/N-ethyl adjacent to an activating group) is 2. The van der Waals surface area contributed by atoms with Crippen LogP contribution in [0.2, 0.25) is 5.15 Å². The van der Waals surface area contributed by atoms with Gasteiger partial charge in [-0.25, -0.2) is 9.97 Å². The molecule has 0 radical (unpaired) electrons. The van der Waals surface area contributed by atoms with Crippen LogP contribution in [-0.2, 0) is 11.2 Å². The Morgan fingerprint density at radius 1 is 1.20 bits per heavy atom. The van der Waals surface area contributed by atoms with Crippen LogP contribution in [0.25, 0.3) is 0 Å². The second kappa shape index (κ2) is 7.43. The molecule has 5 nitrogen and oxygen atoms in total. The number of rotatable bonds is 6. The maximum atomic E-state index is 12.1. The molecule has 0 N–H and O–H groups in total. The molecule has 0 atom stereocenters. The number of hydrogen-bond donors (Lipinski definition) is 0. The summed E-state index contributed by atoms with van der Waals surface area (Å²) in [6.45, 7) is 9.52. The lowest BCUT2D eigenvalue weighted by Crippen LogP contribution is -2.39. The Morgan fingerprint density at radius 2 is 1.80 bits per heavy atom. The summed E-state index contributed by atoms with van der Waals surface area (Å²) >= 11 is 6.12. The first-order valence-electron chi connectivity index (χ1n) is 6.96. The Bertz CT molecular complexity index is 474. The van der Waals surface area contributed by atoms with E-state index in [1.54, 1.807) is 4.90 Å². The molecule has 0 bridgehead atoms. The van der Waals surface area contributed by atoms with Crippen LogP contribution in [-0.4, -0.2) is 47.5 Å². The van der Waals surface area contributed by atoms with Crippen LogP contribution in [0.4, 0.5) is 5.82 Å². The molecule has 1 amide bonds. The molecular formula is C14H23ClN4O. The molecule has 6 heteroatoms. The van der Waals surface area contributed by atoms with E-state index in [1.165, 1.54) is 0 Å². The zero-order valence-corrected chi connectivity index (χ0v) is 13.7.